The van der Waals surface area contributed by atoms with E-state index in [4.69, 9.17) is 21.1 Å². The van der Waals surface area contributed by atoms with Crippen LogP contribution in [0.3, 0.4) is 0 Å². The van der Waals surface area contributed by atoms with Crippen LogP contribution in [0.1, 0.15) is 16.7 Å². The first-order valence-electron chi connectivity index (χ1n) is 10.3. The van der Waals surface area contributed by atoms with Gasteiger partial charge in [0.2, 0.25) is 0 Å². The summed E-state index contributed by atoms with van der Waals surface area (Å²) in [6.45, 7) is 3.96. The number of imide groups is 1. The fraction of sp³-hybridized carbons (Fsp3) is 0.154. The maximum atomic E-state index is 13.7. The highest BCUT2D eigenvalue weighted by Crippen LogP contribution is 2.38. The van der Waals surface area contributed by atoms with Crippen LogP contribution >= 0.6 is 11.6 Å². The Hall–Kier alpha value is -3.77. The van der Waals surface area contributed by atoms with Gasteiger partial charge in [-0.1, -0.05) is 41.9 Å². The number of rotatable bonds is 6. The number of amides is 2. The summed E-state index contributed by atoms with van der Waals surface area (Å²) in [6.07, 6.45) is 0. The molecule has 1 aliphatic heterocycles. The molecule has 0 atom stereocenters. The van der Waals surface area contributed by atoms with Gasteiger partial charge in [-0.05, 0) is 60.9 Å². The third-order valence-corrected chi connectivity index (χ3v) is 5.92. The largest absolute Gasteiger partial charge is 0.495 e. The van der Waals surface area contributed by atoms with Crippen LogP contribution in [0.4, 0.5) is 11.4 Å². The van der Waals surface area contributed by atoms with E-state index in [2.05, 4.69) is 5.32 Å². The van der Waals surface area contributed by atoms with Crippen molar-refractivity contribution in [2.45, 2.75) is 13.8 Å². The second-order valence-electron chi connectivity index (χ2n) is 7.64. The van der Waals surface area contributed by atoms with Gasteiger partial charge in [-0.2, -0.15) is 0 Å². The maximum absolute atomic E-state index is 13.7. The number of benzene rings is 3. The molecule has 1 heterocycles. The molecule has 0 saturated heterocycles. The molecule has 1 aliphatic rings. The summed E-state index contributed by atoms with van der Waals surface area (Å²) in [5, 5.41) is 3.50. The molecular weight excluding hydrogens is 440 g/mol. The van der Waals surface area contributed by atoms with E-state index in [0.29, 0.717) is 33.5 Å². The Morgan fingerprint density at radius 1 is 0.818 bits per heavy atom. The van der Waals surface area contributed by atoms with Crippen molar-refractivity contribution in [3.63, 3.8) is 0 Å². The van der Waals surface area contributed by atoms with Crippen LogP contribution in [-0.2, 0) is 9.59 Å². The summed E-state index contributed by atoms with van der Waals surface area (Å²) in [5.74, 6) is 0.0157. The van der Waals surface area contributed by atoms with Crippen molar-refractivity contribution in [2.75, 3.05) is 24.4 Å². The Balaban J connectivity index is 1.85. The molecule has 1 N–H and O–H groups in total. The predicted octanol–water partition coefficient (Wildman–Crippen LogP) is 5.37. The van der Waals surface area contributed by atoms with E-state index in [0.717, 1.165) is 16.0 Å². The zero-order valence-electron chi connectivity index (χ0n) is 18.7. The monoisotopic (exact) mass is 462 g/mol. The number of hydrogen-bond acceptors (Lipinski definition) is 5. The summed E-state index contributed by atoms with van der Waals surface area (Å²) in [5.41, 5.74) is 4.13. The number of aryl methyl sites for hydroxylation is 2. The predicted molar refractivity (Wildman–Crippen MR) is 130 cm³/mol. The molecule has 0 aliphatic carbocycles. The molecule has 3 aromatic carbocycles. The smallest absolute Gasteiger partial charge is 0.282 e. The average Bonchev–Trinajstić information content (AvgIpc) is 3.05. The number of carbonyl (C=O) groups excluding carboxylic acids is 2. The first-order chi connectivity index (χ1) is 15.8. The second-order valence-corrected chi connectivity index (χ2v) is 8.05. The molecule has 2 amide bonds. The van der Waals surface area contributed by atoms with Gasteiger partial charge in [0.15, 0.2) is 0 Å². The molecule has 33 heavy (non-hydrogen) atoms. The van der Waals surface area contributed by atoms with Crippen LogP contribution in [0.2, 0.25) is 5.02 Å². The van der Waals surface area contributed by atoms with Crippen LogP contribution in [0.5, 0.6) is 11.5 Å². The topological polar surface area (TPSA) is 67.9 Å². The summed E-state index contributed by atoms with van der Waals surface area (Å²) in [7, 11) is 3.03. The minimum absolute atomic E-state index is 0.162. The minimum atomic E-state index is -0.482. The second kappa shape index (κ2) is 9.00. The first kappa shape index (κ1) is 22.4. The van der Waals surface area contributed by atoms with Crippen LogP contribution < -0.4 is 19.7 Å². The highest BCUT2D eigenvalue weighted by Gasteiger charge is 2.41. The molecule has 168 valence electrons. The molecule has 3 aromatic rings. The van der Waals surface area contributed by atoms with E-state index >= 15 is 0 Å². The summed E-state index contributed by atoms with van der Waals surface area (Å²) < 4.78 is 10.6. The van der Waals surface area contributed by atoms with Gasteiger partial charge in [-0.15, -0.1) is 0 Å². The Kier molecular flexibility index (Phi) is 6.11. The quantitative estimate of drug-likeness (QED) is 0.499. The molecule has 4 rings (SSSR count). The molecule has 0 unspecified atom stereocenters. The zero-order chi connectivity index (χ0) is 23.7. The summed E-state index contributed by atoms with van der Waals surface area (Å²) in [4.78, 5) is 28.4. The highest BCUT2D eigenvalue weighted by molar-refractivity contribution is 6.46. The Morgan fingerprint density at radius 3 is 2.21 bits per heavy atom. The third-order valence-electron chi connectivity index (χ3n) is 5.63. The molecule has 6 nitrogen and oxygen atoms in total. The van der Waals surface area contributed by atoms with Gasteiger partial charge in [0.25, 0.3) is 11.8 Å². The fourth-order valence-corrected chi connectivity index (χ4v) is 3.99. The molecule has 0 fully saturated rings. The number of anilines is 2. The lowest BCUT2D eigenvalue weighted by atomic mass is 9.99. The Morgan fingerprint density at radius 2 is 1.55 bits per heavy atom. The highest BCUT2D eigenvalue weighted by atomic mass is 35.5. The average molecular weight is 463 g/mol. The van der Waals surface area contributed by atoms with Crippen molar-refractivity contribution in [2.24, 2.45) is 0 Å². The number of carbonyl (C=O) groups is 2. The zero-order valence-corrected chi connectivity index (χ0v) is 19.5. The van der Waals surface area contributed by atoms with Gasteiger partial charge in [0.1, 0.15) is 17.2 Å². The number of nitrogens with zero attached hydrogens (tertiary/aromatic N) is 1. The minimum Gasteiger partial charge on any atom is -0.495 e. The number of ether oxygens (including phenoxy) is 2. The number of nitrogens with one attached hydrogen (secondary N) is 1. The number of halogens is 1. The molecule has 0 aromatic heterocycles. The van der Waals surface area contributed by atoms with E-state index in [-0.39, 0.29) is 11.3 Å². The van der Waals surface area contributed by atoms with E-state index in [9.17, 15) is 9.59 Å². The van der Waals surface area contributed by atoms with Crippen molar-refractivity contribution >= 4 is 40.4 Å². The van der Waals surface area contributed by atoms with Gasteiger partial charge < -0.3 is 14.8 Å². The SMILES string of the molecule is COc1ccc(NC2=C(c3ccc(C)c(C)c3)C(=O)N(c3ccccc3OC)C2=O)cc1Cl. The van der Waals surface area contributed by atoms with Crippen molar-refractivity contribution in [1.29, 1.82) is 0 Å². The molecular formula is C26H23ClN2O4. The molecule has 0 radical (unpaired) electrons. The Bertz CT molecular complexity index is 1300. The maximum Gasteiger partial charge on any atom is 0.282 e. The Labute approximate surface area is 197 Å². The van der Waals surface area contributed by atoms with Crippen molar-refractivity contribution in [3.05, 3.63) is 88.1 Å². The lowest BCUT2D eigenvalue weighted by molar-refractivity contribution is -0.120. The van der Waals surface area contributed by atoms with E-state index in [1.165, 1.54) is 14.2 Å². The summed E-state index contributed by atoms with van der Waals surface area (Å²) >= 11 is 6.28. The van der Waals surface area contributed by atoms with Gasteiger partial charge in [0, 0.05) is 5.69 Å². The normalized spacial score (nSPS) is 13.5. The lowest BCUT2D eigenvalue weighted by Crippen LogP contribution is -2.32. The molecule has 0 saturated carbocycles. The number of para-hydroxylation sites is 2. The molecule has 0 spiro atoms. The van der Waals surface area contributed by atoms with Gasteiger partial charge >= 0.3 is 0 Å². The lowest BCUT2D eigenvalue weighted by Gasteiger charge is -2.18. The summed E-state index contributed by atoms with van der Waals surface area (Å²) in [6, 6.07) is 17.7. The molecule has 7 heteroatoms. The van der Waals surface area contributed by atoms with Crippen LogP contribution in [0.25, 0.3) is 5.57 Å². The van der Waals surface area contributed by atoms with Crippen molar-refractivity contribution in [3.8, 4) is 11.5 Å². The van der Waals surface area contributed by atoms with E-state index in [1.54, 1.807) is 42.5 Å². The number of hydrogen-bond donors (Lipinski definition) is 1. The van der Waals surface area contributed by atoms with Gasteiger partial charge in [-0.25, -0.2) is 4.90 Å². The van der Waals surface area contributed by atoms with Crippen molar-refractivity contribution < 1.29 is 19.1 Å². The van der Waals surface area contributed by atoms with Gasteiger partial charge in [-0.3, -0.25) is 9.59 Å². The number of methoxy groups -OCH3 is 2. The first-order valence-corrected chi connectivity index (χ1v) is 10.7. The standard InChI is InChI=1S/C26H23ClN2O4/c1-15-9-10-17(13-16(15)2)23-24(28-18-11-12-21(32-3)19(27)14-18)26(31)29(25(23)30)20-7-5-6-8-22(20)33-4/h5-14,28H,1-4H3. The van der Waals surface area contributed by atoms with E-state index in [1.807, 2.05) is 32.0 Å². The van der Waals surface area contributed by atoms with Gasteiger partial charge in [0.05, 0.1) is 30.5 Å². The van der Waals surface area contributed by atoms with Crippen molar-refractivity contribution in [1.82, 2.24) is 0 Å². The third kappa shape index (κ3) is 4.05. The van der Waals surface area contributed by atoms with Crippen LogP contribution in [0, 0.1) is 13.8 Å². The fourth-order valence-electron chi connectivity index (χ4n) is 3.73. The van der Waals surface area contributed by atoms with Crippen LogP contribution in [0.15, 0.2) is 66.4 Å². The molecule has 0 bridgehead atoms. The van der Waals surface area contributed by atoms with E-state index < -0.39 is 11.8 Å². The van der Waals surface area contributed by atoms with Crippen LogP contribution in [-0.4, -0.2) is 26.0 Å².